The minimum atomic E-state index is -0.0153. The predicted octanol–water partition coefficient (Wildman–Crippen LogP) is 4.50. The zero-order valence-corrected chi connectivity index (χ0v) is 17.4. The van der Waals surface area contributed by atoms with Gasteiger partial charge in [0.25, 0.3) is 5.91 Å². The van der Waals surface area contributed by atoms with E-state index in [1.54, 1.807) is 20.3 Å². The summed E-state index contributed by atoms with van der Waals surface area (Å²) < 4.78 is 10.8. The van der Waals surface area contributed by atoms with Gasteiger partial charge in [-0.1, -0.05) is 36.8 Å². The fourth-order valence-corrected chi connectivity index (χ4v) is 4.08. The maximum Gasteiger partial charge on any atom is 0.271 e. The van der Waals surface area contributed by atoms with Gasteiger partial charge in [0.1, 0.15) is 17.2 Å². The third kappa shape index (κ3) is 4.17. The third-order valence-corrected chi connectivity index (χ3v) is 5.72. The number of rotatable bonds is 5. The number of carbonyl (C=O) groups is 1. The minimum Gasteiger partial charge on any atom is -0.497 e. The first-order valence-corrected chi connectivity index (χ1v) is 10.3. The van der Waals surface area contributed by atoms with Crippen LogP contribution in [0.2, 0.25) is 0 Å². The number of hydrogen-bond donors (Lipinski definition) is 1. The van der Waals surface area contributed by atoms with Gasteiger partial charge in [0.2, 0.25) is 0 Å². The number of nitrogens with one attached hydrogen (secondary N) is 1. The molecule has 0 saturated carbocycles. The summed E-state index contributed by atoms with van der Waals surface area (Å²) in [6.45, 7) is 1.48. The smallest absolute Gasteiger partial charge is 0.271 e. The first-order chi connectivity index (χ1) is 14.7. The van der Waals surface area contributed by atoms with Gasteiger partial charge in [-0.25, -0.2) is 0 Å². The van der Waals surface area contributed by atoms with Crippen molar-refractivity contribution in [3.05, 3.63) is 65.9 Å². The quantitative estimate of drug-likeness (QED) is 0.678. The molecule has 1 unspecified atom stereocenters. The Balaban J connectivity index is 1.56. The van der Waals surface area contributed by atoms with E-state index in [1.807, 2.05) is 29.2 Å². The van der Waals surface area contributed by atoms with Crippen LogP contribution in [-0.4, -0.2) is 48.3 Å². The lowest BCUT2D eigenvalue weighted by molar-refractivity contribution is 0.0748. The fourth-order valence-electron chi connectivity index (χ4n) is 4.08. The molecule has 0 bridgehead atoms. The SMILES string of the molecule is COc1ccc(OC)c(-c2cc(C(=O)N3CCCCC(c4ccccc4)C3)[nH]n2)c1. The molecule has 1 aliphatic rings. The van der Waals surface area contributed by atoms with Crippen LogP contribution in [0.1, 0.15) is 41.2 Å². The van der Waals surface area contributed by atoms with Crippen molar-refractivity contribution < 1.29 is 14.3 Å². The van der Waals surface area contributed by atoms with Crippen LogP contribution in [0, 0.1) is 0 Å². The summed E-state index contributed by atoms with van der Waals surface area (Å²) in [6, 6.07) is 17.8. The zero-order valence-electron chi connectivity index (χ0n) is 17.4. The first kappa shape index (κ1) is 20.0. The molecular formula is C24H27N3O3. The number of amides is 1. The molecule has 6 heteroatoms. The summed E-state index contributed by atoms with van der Waals surface area (Å²) >= 11 is 0. The summed E-state index contributed by atoms with van der Waals surface area (Å²) in [4.78, 5) is 15.2. The van der Waals surface area contributed by atoms with Crippen LogP contribution in [0.3, 0.4) is 0 Å². The van der Waals surface area contributed by atoms with Gasteiger partial charge in [0.15, 0.2) is 0 Å². The molecule has 1 fully saturated rings. The number of methoxy groups -OCH3 is 2. The molecule has 0 spiro atoms. The van der Waals surface area contributed by atoms with Crippen molar-refractivity contribution in [1.82, 2.24) is 15.1 Å². The Morgan fingerprint density at radius 3 is 2.67 bits per heavy atom. The number of hydrogen-bond acceptors (Lipinski definition) is 4. The van der Waals surface area contributed by atoms with Gasteiger partial charge < -0.3 is 14.4 Å². The van der Waals surface area contributed by atoms with E-state index in [9.17, 15) is 4.79 Å². The Labute approximate surface area is 176 Å². The second-order valence-electron chi connectivity index (χ2n) is 7.59. The highest BCUT2D eigenvalue weighted by atomic mass is 16.5. The van der Waals surface area contributed by atoms with Crippen LogP contribution in [0.25, 0.3) is 11.3 Å². The van der Waals surface area contributed by atoms with Crippen molar-refractivity contribution in [3.63, 3.8) is 0 Å². The zero-order chi connectivity index (χ0) is 20.9. The molecule has 1 aliphatic heterocycles. The van der Waals surface area contributed by atoms with Gasteiger partial charge in [-0.05, 0) is 42.7 Å². The Morgan fingerprint density at radius 1 is 1.07 bits per heavy atom. The molecule has 3 aromatic rings. The molecule has 1 saturated heterocycles. The van der Waals surface area contributed by atoms with Crippen LogP contribution in [0.5, 0.6) is 11.5 Å². The summed E-state index contributed by atoms with van der Waals surface area (Å²) in [6.07, 6.45) is 3.24. The first-order valence-electron chi connectivity index (χ1n) is 10.3. The molecule has 156 valence electrons. The standard InChI is InChI=1S/C24H27N3O3/c1-29-19-11-12-23(30-2)20(14-19)21-15-22(26-25-21)24(28)27-13-7-6-10-18(16-27)17-8-4-3-5-9-17/h3-5,8-9,11-12,14-15,18H,6-7,10,13,16H2,1-2H3,(H,25,26). The van der Waals surface area contributed by atoms with Gasteiger partial charge in [-0.3, -0.25) is 9.89 Å². The predicted molar refractivity (Wildman–Crippen MR) is 116 cm³/mol. The average Bonchev–Trinajstić information content (AvgIpc) is 3.16. The normalized spacial score (nSPS) is 16.7. The van der Waals surface area contributed by atoms with Crippen LogP contribution < -0.4 is 9.47 Å². The number of aromatic amines is 1. The van der Waals surface area contributed by atoms with Gasteiger partial charge in [-0.2, -0.15) is 5.10 Å². The van der Waals surface area contributed by atoms with E-state index in [-0.39, 0.29) is 5.91 Å². The second-order valence-corrected chi connectivity index (χ2v) is 7.59. The van der Waals surface area contributed by atoms with Gasteiger partial charge in [0, 0.05) is 24.6 Å². The lowest BCUT2D eigenvalue weighted by Crippen LogP contribution is -2.34. The highest BCUT2D eigenvalue weighted by molar-refractivity contribution is 5.93. The van der Waals surface area contributed by atoms with Crippen molar-refractivity contribution in [2.75, 3.05) is 27.3 Å². The van der Waals surface area contributed by atoms with E-state index in [4.69, 9.17) is 9.47 Å². The molecule has 0 aliphatic carbocycles. The van der Waals surface area contributed by atoms with E-state index in [0.717, 1.165) is 37.9 Å². The molecule has 2 aromatic carbocycles. The fraction of sp³-hybridized carbons (Fsp3) is 0.333. The lowest BCUT2D eigenvalue weighted by Gasteiger charge is -2.24. The Hall–Kier alpha value is -3.28. The number of benzene rings is 2. The number of H-pyrrole nitrogens is 1. The topological polar surface area (TPSA) is 67.5 Å². The van der Waals surface area contributed by atoms with Crippen molar-refractivity contribution in [2.24, 2.45) is 0 Å². The number of ether oxygens (including phenoxy) is 2. The molecule has 4 rings (SSSR count). The molecule has 30 heavy (non-hydrogen) atoms. The minimum absolute atomic E-state index is 0.0153. The molecule has 0 radical (unpaired) electrons. The molecular weight excluding hydrogens is 378 g/mol. The van der Waals surface area contributed by atoms with Gasteiger partial charge in [-0.15, -0.1) is 0 Å². The third-order valence-electron chi connectivity index (χ3n) is 5.72. The van der Waals surface area contributed by atoms with Crippen LogP contribution in [0.4, 0.5) is 0 Å². The monoisotopic (exact) mass is 405 g/mol. The highest BCUT2D eigenvalue weighted by Gasteiger charge is 2.25. The maximum absolute atomic E-state index is 13.3. The highest BCUT2D eigenvalue weighted by Crippen LogP contribution is 2.33. The molecule has 1 atom stereocenters. The van der Waals surface area contributed by atoms with E-state index >= 15 is 0 Å². The Kier molecular flexibility index (Phi) is 6.02. The molecule has 1 N–H and O–H groups in total. The Morgan fingerprint density at radius 2 is 1.90 bits per heavy atom. The van der Waals surface area contributed by atoms with Crippen LogP contribution >= 0.6 is 0 Å². The molecule has 6 nitrogen and oxygen atoms in total. The molecule has 1 aromatic heterocycles. The number of carbonyl (C=O) groups excluding carboxylic acids is 1. The van der Waals surface area contributed by atoms with Gasteiger partial charge >= 0.3 is 0 Å². The van der Waals surface area contributed by atoms with E-state index in [2.05, 4.69) is 34.5 Å². The van der Waals surface area contributed by atoms with E-state index < -0.39 is 0 Å². The maximum atomic E-state index is 13.3. The molecule has 1 amide bonds. The number of likely N-dealkylation sites (tertiary alicyclic amines) is 1. The average molecular weight is 405 g/mol. The summed E-state index contributed by atoms with van der Waals surface area (Å²) in [7, 11) is 3.23. The van der Waals surface area contributed by atoms with Crippen molar-refractivity contribution in [2.45, 2.75) is 25.2 Å². The van der Waals surface area contributed by atoms with Crippen molar-refractivity contribution >= 4 is 5.91 Å². The lowest BCUT2D eigenvalue weighted by atomic mass is 9.94. The van der Waals surface area contributed by atoms with Crippen molar-refractivity contribution in [1.29, 1.82) is 0 Å². The number of aromatic nitrogens is 2. The summed E-state index contributed by atoms with van der Waals surface area (Å²) in [5, 5.41) is 7.31. The van der Waals surface area contributed by atoms with E-state index in [1.165, 1.54) is 5.56 Å². The number of nitrogens with zero attached hydrogens (tertiary/aromatic N) is 2. The second kappa shape index (κ2) is 9.03. The Bertz CT molecular complexity index is 1000. The summed E-state index contributed by atoms with van der Waals surface area (Å²) in [5.74, 6) is 1.73. The van der Waals surface area contributed by atoms with Crippen LogP contribution in [-0.2, 0) is 0 Å². The molecule has 2 heterocycles. The van der Waals surface area contributed by atoms with Gasteiger partial charge in [0.05, 0.1) is 19.9 Å². The van der Waals surface area contributed by atoms with E-state index in [0.29, 0.717) is 28.8 Å². The summed E-state index contributed by atoms with van der Waals surface area (Å²) in [5.41, 5.74) is 3.22. The van der Waals surface area contributed by atoms with Crippen LogP contribution in [0.15, 0.2) is 54.6 Å². The largest absolute Gasteiger partial charge is 0.497 e. The van der Waals surface area contributed by atoms with Crippen molar-refractivity contribution in [3.8, 4) is 22.8 Å².